The predicted octanol–water partition coefficient (Wildman–Crippen LogP) is 4.33. The molecule has 0 spiro atoms. The van der Waals surface area contributed by atoms with Crippen LogP contribution in [0.2, 0.25) is 0 Å². The molecule has 1 fully saturated rings. The Kier molecular flexibility index (Phi) is 6.77. The van der Waals surface area contributed by atoms with E-state index in [0.717, 1.165) is 17.7 Å². The third-order valence-corrected chi connectivity index (χ3v) is 5.33. The van der Waals surface area contributed by atoms with Crippen molar-refractivity contribution < 1.29 is 27.3 Å². The lowest BCUT2D eigenvalue weighted by Gasteiger charge is -2.32. The first kappa shape index (κ1) is 22.5. The third kappa shape index (κ3) is 5.71. The van der Waals surface area contributed by atoms with Gasteiger partial charge in [-0.05, 0) is 49.1 Å². The molecule has 1 aliphatic heterocycles. The van der Waals surface area contributed by atoms with Crippen LogP contribution in [0.25, 0.3) is 0 Å². The van der Waals surface area contributed by atoms with Crippen molar-refractivity contribution in [1.82, 2.24) is 5.32 Å². The molecule has 1 N–H and O–H groups in total. The maximum absolute atomic E-state index is 12.9. The molecule has 2 aromatic carbocycles. The zero-order valence-electron chi connectivity index (χ0n) is 16.5. The first-order chi connectivity index (χ1) is 14.6. The second-order valence-electron chi connectivity index (χ2n) is 7.39. The second kappa shape index (κ2) is 9.32. The molecular weight excluding hydrogens is 418 g/mol. The van der Waals surface area contributed by atoms with Crippen LogP contribution < -0.4 is 10.2 Å². The van der Waals surface area contributed by atoms with Crippen LogP contribution in [0, 0.1) is 21.8 Å². The van der Waals surface area contributed by atoms with Gasteiger partial charge in [-0.1, -0.05) is 12.1 Å². The van der Waals surface area contributed by atoms with E-state index in [-0.39, 0.29) is 23.3 Å². The van der Waals surface area contributed by atoms with Gasteiger partial charge in [0.1, 0.15) is 11.5 Å². The highest BCUT2D eigenvalue weighted by molar-refractivity contribution is 5.79. The Labute approximate surface area is 176 Å². The van der Waals surface area contributed by atoms with E-state index in [1.54, 1.807) is 17.0 Å². The average Bonchev–Trinajstić information content (AvgIpc) is 2.74. The van der Waals surface area contributed by atoms with Crippen LogP contribution in [0.4, 0.5) is 28.9 Å². The fourth-order valence-electron chi connectivity index (χ4n) is 3.62. The molecule has 0 bridgehead atoms. The summed E-state index contributed by atoms with van der Waals surface area (Å²) >= 11 is 0. The van der Waals surface area contributed by atoms with Crippen molar-refractivity contribution in [1.29, 1.82) is 0 Å². The highest BCUT2D eigenvalue weighted by atomic mass is 19.4. The number of halogens is 4. The van der Waals surface area contributed by atoms with Crippen LogP contribution in [0.5, 0.6) is 0 Å². The van der Waals surface area contributed by atoms with Crippen LogP contribution >= 0.6 is 0 Å². The lowest BCUT2D eigenvalue weighted by Crippen LogP contribution is -2.41. The topological polar surface area (TPSA) is 75.5 Å². The molecule has 0 aromatic heterocycles. The number of nitro groups is 1. The Morgan fingerprint density at radius 2 is 1.77 bits per heavy atom. The Morgan fingerprint density at radius 1 is 1.13 bits per heavy atom. The molecule has 1 heterocycles. The quantitative estimate of drug-likeness (QED) is 0.413. The van der Waals surface area contributed by atoms with Gasteiger partial charge in [0, 0.05) is 31.6 Å². The molecule has 31 heavy (non-hydrogen) atoms. The Hall–Kier alpha value is -3.17. The number of carbonyl (C=O) groups excluding carboxylic acids is 1. The average molecular weight is 439 g/mol. The highest BCUT2D eigenvalue weighted by Gasteiger charge is 2.34. The molecule has 10 heteroatoms. The maximum Gasteiger partial charge on any atom is 0.416 e. The van der Waals surface area contributed by atoms with Gasteiger partial charge < -0.3 is 10.2 Å². The largest absolute Gasteiger partial charge is 0.416 e. The number of hydrogen-bond acceptors (Lipinski definition) is 4. The second-order valence-corrected chi connectivity index (χ2v) is 7.39. The predicted molar refractivity (Wildman–Crippen MR) is 106 cm³/mol. The Bertz CT molecular complexity index is 940. The van der Waals surface area contributed by atoms with Gasteiger partial charge in [-0.3, -0.25) is 14.9 Å². The first-order valence-electron chi connectivity index (χ1n) is 9.78. The smallest absolute Gasteiger partial charge is 0.366 e. The number of nitro benzene ring substituents is 1. The molecular formula is C21H21F4N3O3. The number of nitrogens with one attached hydrogen (secondary N) is 1. The van der Waals surface area contributed by atoms with Crippen LogP contribution in [0.3, 0.4) is 0 Å². The van der Waals surface area contributed by atoms with E-state index in [2.05, 4.69) is 5.32 Å². The number of anilines is 1. The zero-order chi connectivity index (χ0) is 22.6. The normalized spacial score (nSPS) is 15.0. The summed E-state index contributed by atoms with van der Waals surface area (Å²) in [5.41, 5.74) is -0.658. The van der Waals surface area contributed by atoms with Crippen LogP contribution in [0.15, 0.2) is 42.5 Å². The Balaban J connectivity index is 1.55. The van der Waals surface area contributed by atoms with E-state index in [1.807, 2.05) is 0 Å². The van der Waals surface area contributed by atoms with Gasteiger partial charge in [0.2, 0.25) is 5.91 Å². The summed E-state index contributed by atoms with van der Waals surface area (Å²) in [5, 5.41) is 14.1. The van der Waals surface area contributed by atoms with E-state index in [1.165, 1.54) is 12.1 Å². The summed E-state index contributed by atoms with van der Waals surface area (Å²) in [7, 11) is 0. The van der Waals surface area contributed by atoms with Crippen LogP contribution in [-0.4, -0.2) is 30.5 Å². The van der Waals surface area contributed by atoms with E-state index in [4.69, 9.17) is 0 Å². The molecule has 0 atom stereocenters. The number of rotatable bonds is 6. The molecule has 0 unspecified atom stereocenters. The standard InChI is InChI=1S/C21H21F4N3O3/c22-17-4-1-14(2-5-17)7-10-26-20(29)15-8-11-27(12-9-15)18-6-3-16(21(23,24)25)13-19(18)28(30)31/h1-6,13,15H,7-12H2,(H,26,29). The fraction of sp³-hybridized carbons (Fsp3) is 0.381. The summed E-state index contributed by atoms with van der Waals surface area (Å²) in [5.74, 6) is -0.741. The lowest BCUT2D eigenvalue weighted by molar-refractivity contribution is -0.384. The highest BCUT2D eigenvalue weighted by Crippen LogP contribution is 2.37. The molecule has 6 nitrogen and oxygen atoms in total. The maximum atomic E-state index is 12.9. The van der Waals surface area contributed by atoms with Crippen molar-refractivity contribution in [3.05, 3.63) is 69.5 Å². The fourth-order valence-corrected chi connectivity index (χ4v) is 3.62. The molecule has 1 saturated heterocycles. The minimum atomic E-state index is -4.66. The van der Waals surface area contributed by atoms with Crippen molar-refractivity contribution in [2.75, 3.05) is 24.5 Å². The summed E-state index contributed by atoms with van der Waals surface area (Å²) < 4.78 is 51.5. The number of hydrogen-bond donors (Lipinski definition) is 1. The molecule has 1 aliphatic rings. The summed E-state index contributed by atoms with van der Waals surface area (Å²) in [4.78, 5) is 24.5. The van der Waals surface area contributed by atoms with Gasteiger partial charge >= 0.3 is 6.18 Å². The molecule has 0 saturated carbocycles. The molecule has 2 aromatic rings. The van der Waals surface area contributed by atoms with Gasteiger partial charge in [-0.2, -0.15) is 13.2 Å². The molecule has 1 amide bonds. The minimum absolute atomic E-state index is 0.119. The van der Waals surface area contributed by atoms with Gasteiger partial charge in [0.15, 0.2) is 0 Å². The summed E-state index contributed by atoms with van der Waals surface area (Å²) in [6, 6.07) is 8.50. The van der Waals surface area contributed by atoms with Crippen molar-refractivity contribution >= 4 is 17.3 Å². The first-order valence-corrected chi connectivity index (χ1v) is 9.78. The van der Waals surface area contributed by atoms with E-state index < -0.39 is 22.4 Å². The van der Waals surface area contributed by atoms with E-state index in [0.29, 0.717) is 45.0 Å². The number of alkyl halides is 3. The van der Waals surface area contributed by atoms with Gasteiger partial charge in [0.05, 0.1) is 10.5 Å². The van der Waals surface area contributed by atoms with E-state index in [9.17, 15) is 32.5 Å². The molecule has 166 valence electrons. The van der Waals surface area contributed by atoms with Crippen molar-refractivity contribution in [3.63, 3.8) is 0 Å². The summed E-state index contributed by atoms with van der Waals surface area (Å²) in [6.45, 7) is 1.04. The van der Waals surface area contributed by atoms with Gasteiger partial charge in [0.25, 0.3) is 5.69 Å². The number of amides is 1. The lowest BCUT2D eigenvalue weighted by atomic mass is 9.95. The molecule has 3 rings (SSSR count). The molecule has 0 aliphatic carbocycles. The van der Waals surface area contributed by atoms with Gasteiger partial charge in [-0.25, -0.2) is 4.39 Å². The SMILES string of the molecule is O=C(NCCc1ccc(F)cc1)C1CCN(c2ccc(C(F)(F)F)cc2[N+](=O)[O-])CC1. The number of piperidine rings is 1. The number of nitrogens with zero attached hydrogens (tertiary/aromatic N) is 2. The van der Waals surface area contributed by atoms with Crippen LogP contribution in [0.1, 0.15) is 24.0 Å². The van der Waals surface area contributed by atoms with Crippen molar-refractivity contribution in [2.24, 2.45) is 5.92 Å². The summed E-state index contributed by atoms with van der Waals surface area (Å²) in [6.07, 6.45) is -3.24. The van der Waals surface area contributed by atoms with Crippen molar-refractivity contribution in [3.8, 4) is 0 Å². The van der Waals surface area contributed by atoms with E-state index >= 15 is 0 Å². The Morgan fingerprint density at radius 3 is 2.35 bits per heavy atom. The van der Waals surface area contributed by atoms with Crippen molar-refractivity contribution in [2.45, 2.75) is 25.4 Å². The molecule has 0 radical (unpaired) electrons. The zero-order valence-corrected chi connectivity index (χ0v) is 16.5. The monoisotopic (exact) mass is 439 g/mol. The van der Waals surface area contributed by atoms with Crippen LogP contribution in [-0.2, 0) is 17.4 Å². The third-order valence-electron chi connectivity index (χ3n) is 5.33. The number of benzene rings is 2. The number of carbonyl (C=O) groups is 1. The minimum Gasteiger partial charge on any atom is -0.366 e. The van der Waals surface area contributed by atoms with Gasteiger partial charge in [-0.15, -0.1) is 0 Å².